The number of anilines is 1. The topological polar surface area (TPSA) is 106 Å². The monoisotopic (exact) mass is 294 g/mol. The fraction of sp³-hybridized carbons (Fsp3) is 0.538. The van der Waals surface area contributed by atoms with Crippen molar-refractivity contribution in [2.45, 2.75) is 12.8 Å². The minimum atomic E-state index is -0.571. The maximum Gasteiger partial charge on any atom is 0.288 e. The van der Waals surface area contributed by atoms with E-state index in [9.17, 15) is 14.9 Å². The van der Waals surface area contributed by atoms with Crippen molar-refractivity contribution in [3.63, 3.8) is 0 Å². The first kappa shape index (κ1) is 15.2. The van der Waals surface area contributed by atoms with E-state index in [2.05, 4.69) is 15.6 Å². The van der Waals surface area contributed by atoms with Gasteiger partial charge in [0.25, 0.3) is 11.6 Å². The lowest BCUT2D eigenvalue weighted by atomic mass is 10.0. The second kappa shape index (κ2) is 6.98. The Hall–Kier alpha value is -2.22. The molecule has 8 heteroatoms. The highest BCUT2D eigenvalue weighted by Gasteiger charge is 2.19. The molecule has 1 fully saturated rings. The predicted molar refractivity (Wildman–Crippen MR) is 76.3 cm³/mol. The summed E-state index contributed by atoms with van der Waals surface area (Å²) in [7, 11) is 1.61. The van der Waals surface area contributed by atoms with Crippen molar-refractivity contribution in [2.75, 3.05) is 32.1 Å². The van der Waals surface area contributed by atoms with Crippen LogP contribution in [0.2, 0.25) is 0 Å². The molecule has 1 saturated heterocycles. The lowest BCUT2D eigenvalue weighted by molar-refractivity contribution is -0.385. The van der Waals surface area contributed by atoms with E-state index in [0.29, 0.717) is 19.0 Å². The molecule has 2 rings (SSSR count). The Balaban J connectivity index is 2.06. The van der Waals surface area contributed by atoms with Crippen LogP contribution < -0.4 is 10.6 Å². The Bertz CT molecular complexity index is 529. The van der Waals surface area contributed by atoms with E-state index >= 15 is 0 Å². The second-order valence-electron chi connectivity index (χ2n) is 4.89. The molecule has 0 aromatic carbocycles. The summed E-state index contributed by atoms with van der Waals surface area (Å²) in [5.41, 5.74) is -0.0384. The summed E-state index contributed by atoms with van der Waals surface area (Å²) in [6.45, 7) is 1.89. The number of nitrogens with one attached hydrogen (secondary N) is 2. The molecule has 114 valence electrons. The number of aromatic nitrogens is 1. The summed E-state index contributed by atoms with van der Waals surface area (Å²) in [5, 5.41) is 16.3. The van der Waals surface area contributed by atoms with Gasteiger partial charge in [-0.15, -0.1) is 0 Å². The van der Waals surface area contributed by atoms with Crippen molar-refractivity contribution >= 4 is 17.4 Å². The number of hydrogen-bond donors (Lipinski definition) is 2. The number of nitro groups is 1. The first-order valence-electron chi connectivity index (χ1n) is 6.80. The van der Waals surface area contributed by atoms with Crippen molar-refractivity contribution in [3.8, 4) is 0 Å². The fourth-order valence-electron chi connectivity index (χ4n) is 2.23. The standard InChI is InChI=1S/C13H18N4O4/c1-14-12-11(5-10(7-15-12)17(19)20)13(18)16-6-9-3-2-4-21-8-9/h5,7,9H,2-4,6,8H2,1H3,(H,14,15)(H,16,18). The van der Waals surface area contributed by atoms with Crippen molar-refractivity contribution < 1.29 is 14.5 Å². The quantitative estimate of drug-likeness (QED) is 0.624. The largest absolute Gasteiger partial charge is 0.381 e. The van der Waals surface area contributed by atoms with Gasteiger partial charge in [0.15, 0.2) is 0 Å². The molecule has 2 heterocycles. The van der Waals surface area contributed by atoms with Gasteiger partial charge in [0.05, 0.1) is 17.1 Å². The third-order valence-corrected chi connectivity index (χ3v) is 3.37. The third kappa shape index (κ3) is 3.88. The molecule has 1 aliphatic rings. The number of ether oxygens (including phenoxy) is 1. The van der Waals surface area contributed by atoms with Crippen LogP contribution in [0, 0.1) is 16.0 Å². The van der Waals surface area contributed by atoms with E-state index in [0.717, 1.165) is 25.6 Å². The summed E-state index contributed by atoms with van der Waals surface area (Å²) in [5.74, 6) is 0.228. The molecular formula is C13H18N4O4. The van der Waals surface area contributed by atoms with Gasteiger partial charge in [-0.1, -0.05) is 0 Å². The van der Waals surface area contributed by atoms with Crippen LogP contribution in [0.1, 0.15) is 23.2 Å². The average Bonchev–Trinajstić information content (AvgIpc) is 2.52. The molecule has 8 nitrogen and oxygen atoms in total. The molecule has 0 radical (unpaired) electrons. The SMILES string of the molecule is CNc1ncc([N+](=O)[O-])cc1C(=O)NCC1CCCOC1. The first-order valence-corrected chi connectivity index (χ1v) is 6.80. The van der Waals surface area contributed by atoms with Crippen molar-refractivity contribution in [2.24, 2.45) is 5.92 Å². The molecule has 21 heavy (non-hydrogen) atoms. The van der Waals surface area contributed by atoms with Gasteiger partial charge in [-0.3, -0.25) is 14.9 Å². The number of pyridine rings is 1. The van der Waals surface area contributed by atoms with Crippen LogP contribution in [0.25, 0.3) is 0 Å². The Kier molecular flexibility index (Phi) is 5.04. The van der Waals surface area contributed by atoms with Crippen molar-refractivity contribution in [1.29, 1.82) is 0 Å². The Morgan fingerprint density at radius 3 is 3.05 bits per heavy atom. The van der Waals surface area contributed by atoms with Gasteiger partial charge in [0.2, 0.25) is 0 Å². The number of carbonyl (C=O) groups excluding carboxylic acids is 1. The number of rotatable bonds is 5. The maximum absolute atomic E-state index is 12.2. The van der Waals surface area contributed by atoms with E-state index < -0.39 is 4.92 Å². The summed E-state index contributed by atoms with van der Waals surface area (Å²) >= 11 is 0. The highest BCUT2D eigenvalue weighted by molar-refractivity contribution is 5.99. The van der Waals surface area contributed by atoms with Crippen molar-refractivity contribution in [1.82, 2.24) is 10.3 Å². The summed E-state index contributed by atoms with van der Waals surface area (Å²) in [6.07, 6.45) is 3.12. The normalized spacial score (nSPS) is 18.0. The lowest BCUT2D eigenvalue weighted by Gasteiger charge is -2.22. The summed E-state index contributed by atoms with van der Waals surface area (Å²) < 4.78 is 5.35. The molecule has 1 aromatic heterocycles. The van der Waals surface area contributed by atoms with Gasteiger partial charge >= 0.3 is 0 Å². The van der Waals surface area contributed by atoms with E-state index in [1.54, 1.807) is 7.05 Å². The zero-order chi connectivity index (χ0) is 15.2. The first-order chi connectivity index (χ1) is 10.1. The molecule has 1 aliphatic heterocycles. The zero-order valence-corrected chi connectivity index (χ0v) is 11.8. The fourth-order valence-corrected chi connectivity index (χ4v) is 2.23. The number of hydrogen-bond acceptors (Lipinski definition) is 6. The lowest BCUT2D eigenvalue weighted by Crippen LogP contribution is -2.33. The van der Waals surface area contributed by atoms with Gasteiger partial charge < -0.3 is 15.4 Å². The van der Waals surface area contributed by atoms with Gasteiger partial charge in [-0.25, -0.2) is 4.98 Å². The van der Waals surface area contributed by atoms with E-state index in [1.807, 2.05) is 0 Å². The molecule has 1 atom stereocenters. The second-order valence-corrected chi connectivity index (χ2v) is 4.89. The highest BCUT2D eigenvalue weighted by atomic mass is 16.6. The number of nitrogens with zero attached hydrogens (tertiary/aromatic N) is 2. The molecule has 1 amide bonds. The minimum absolute atomic E-state index is 0.170. The van der Waals surface area contributed by atoms with Crippen LogP contribution in [0.5, 0.6) is 0 Å². The Labute approximate surface area is 122 Å². The number of carbonyl (C=O) groups is 1. The van der Waals surface area contributed by atoms with E-state index in [1.165, 1.54) is 6.07 Å². The van der Waals surface area contributed by atoms with Crippen LogP contribution in [0.3, 0.4) is 0 Å². The maximum atomic E-state index is 12.2. The molecule has 0 spiro atoms. The Morgan fingerprint density at radius 2 is 2.43 bits per heavy atom. The molecule has 1 aromatic rings. The predicted octanol–water partition coefficient (Wildman–Crippen LogP) is 1.19. The van der Waals surface area contributed by atoms with Crippen LogP contribution in [0.15, 0.2) is 12.3 Å². The van der Waals surface area contributed by atoms with E-state index in [4.69, 9.17) is 4.74 Å². The molecule has 0 bridgehead atoms. The molecular weight excluding hydrogens is 276 g/mol. The highest BCUT2D eigenvalue weighted by Crippen LogP contribution is 2.19. The van der Waals surface area contributed by atoms with Crippen LogP contribution in [-0.2, 0) is 4.74 Å². The zero-order valence-electron chi connectivity index (χ0n) is 11.8. The summed E-state index contributed by atoms with van der Waals surface area (Å²) in [6, 6.07) is 1.23. The third-order valence-electron chi connectivity index (χ3n) is 3.37. The minimum Gasteiger partial charge on any atom is -0.381 e. The Morgan fingerprint density at radius 1 is 1.62 bits per heavy atom. The van der Waals surface area contributed by atoms with Crippen LogP contribution in [-0.4, -0.2) is 42.6 Å². The van der Waals surface area contributed by atoms with E-state index in [-0.39, 0.29) is 23.1 Å². The van der Waals surface area contributed by atoms with Gasteiger partial charge in [0.1, 0.15) is 12.0 Å². The van der Waals surface area contributed by atoms with Crippen molar-refractivity contribution in [3.05, 3.63) is 27.9 Å². The smallest absolute Gasteiger partial charge is 0.288 e. The number of amides is 1. The van der Waals surface area contributed by atoms with Crippen LogP contribution >= 0.6 is 0 Å². The van der Waals surface area contributed by atoms with Gasteiger partial charge in [-0.05, 0) is 18.8 Å². The van der Waals surface area contributed by atoms with Gasteiger partial charge in [-0.2, -0.15) is 0 Å². The molecule has 1 unspecified atom stereocenters. The summed E-state index contributed by atoms with van der Waals surface area (Å²) in [4.78, 5) is 26.3. The molecule has 0 saturated carbocycles. The average molecular weight is 294 g/mol. The van der Waals surface area contributed by atoms with Gasteiger partial charge in [0, 0.05) is 26.3 Å². The molecule has 2 N–H and O–H groups in total. The van der Waals surface area contributed by atoms with Crippen LogP contribution in [0.4, 0.5) is 11.5 Å². The molecule has 0 aliphatic carbocycles.